The number of methoxy groups -OCH3 is 1. The van der Waals surface area contributed by atoms with Gasteiger partial charge in [-0.25, -0.2) is 0 Å². The van der Waals surface area contributed by atoms with Crippen LogP contribution in [0.5, 0.6) is 5.75 Å². The number of carbonyl (C=O) groups excluding carboxylic acids is 2. The van der Waals surface area contributed by atoms with Crippen LogP contribution in [0.4, 0.5) is 11.4 Å². The number of amides is 2. The second kappa shape index (κ2) is 10.6. The van der Waals surface area contributed by atoms with Gasteiger partial charge in [-0.3, -0.25) is 9.59 Å². The molecule has 1 heterocycles. The van der Waals surface area contributed by atoms with Crippen molar-refractivity contribution >= 4 is 35.0 Å². The summed E-state index contributed by atoms with van der Waals surface area (Å²) in [6.07, 6.45) is 0.928. The Morgan fingerprint density at radius 2 is 1.79 bits per heavy atom. The summed E-state index contributed by atoms with van der Waals surface area (Å²) in [5.74, 6) is 0.480. The van der Waals surface area contributed by atoms with Crippen molar-refractivity contribution in [3.8, 4) is 5.75 Å². The molecule has 3 aromatic carbocycles. The molecular formula is C26H26N2O4S. The summed E-state index contributed by atoms with van der Waals surface area (Å²) in [7, 11) is 1.62. The van der Waals surface area contributed by atoms with E-state index in [1.807, 2.05) is 49.4 Å². The minimum absolute atomic E-state index is 0.0592. The van der Waals surface area contributed by atoms with E-state index in [1.165, 1.54) is 11.8 Å². The third kappa shape index (κ3) is 5.21. The summed E-state index contributed by atoms with van der Waals surface area (Å²) in [6, 6.07) is 20.3. The van der Waals surface area contributed by atoms with Crippen molar-refractivity contribution in [1.29, 1.82) is 0 Å². The van der Waals surface area contributed by atoms with Crippen LogP contribution in [0.15, 0.2) is 76.5 Å². The maximum Gasteiger partial charge on any atom is 0.259 e. The number of hydrogen-bond acceptors (Lipinski definition) is 5. The van der Waals surface area contributed by atoms with Crippen molar-refractivity contribution in [2.45, 2.75) is 23.1 Å². The molecule has 170 valence electrons. The number of benzene rings is 3. The van der Waals surface area contributed by atoms with Gasteiger partial charge in [0.15, 0.2) is 0 Å². The van der Waals surface area contributed by atoms with Gasteiger partial charge in [-0.05, 0) is 61.0 Å². The van der Waals surface area contributed by atoms with E-state index in [0.717, 1.165) is 27.6 Å². The van der Waals surface area contributed by atoms with Gasteiger partial charge in [0.1, 0.15) is 5.75 Å². The van der Waals surface area contributed by atoms with Crippen molar-refractivity contribution in [2.24, 2.45) is 0 Å². The van der Waals surface area contributed by atoms with Crippen LogP contribution in [0.1, 0.15) is 34.1 Å². The van der Waals surface area contributed by atoms with Crippen molar-refractivity contribution in [2.75, 3.05) is 37.1 Å². The molecule has 6 nitrogen and oxygen atoms in total. The lowest BCUT2D eigenvalue weighted by molar-refractivity contribution is 0.0972. The Morgan fingerprint density at radius 1 is 1.00 bits per heavy atom. The number of nitrogens with one attached hydrogen (secondary N) is 1. The molecular weight excluding hydrogens is 436 g/mol. The Bertz CT molecular complexity index is 1150. The van der Waals surface area contributed by atoms with Gasteiger partial charge in [0.25, 0.3) is 11.8 Å². The molecule has 1 aliphatic heterocycles. The van der Waals surface area contributed by atoms with Gasteiger partial charge in [-0.2, -0.15) is 0 Å². The van der Waals surface area contributed by atoms with Crippen molar-refractivity contribution in [3.05, 3.63) is 77.9 Å². The SMILES string of the molecule is CCCOc1ccc(C(=O)Nc2ccc3c(c2)Sc2ccccc2C(=O)N3CCOC)cc1. The molecule has 0 saturated carbocycles. The summed E-state index contributed by atoms with van der Waals surface area (Å²) in [6.45, 7) is 3.56. The lowest BCUT2D eigenvalue weighted by Crippen LogP contribution is -2.33. The van der Waals surface area contributed by atoms with E-state index in [4.69, 9.17) is 9.47 Å². The highest BCUT2D eigenvalue weighted by Gasteiger charge is 2.27. The molecule has 1 N–H and O–H groups in total. The third-order valence-electron chi connectivity index (χ3n) is 5.20. The first kappa shape index (κ1) is 22.9. The number of nitrogens with zero attached hydrogens (tertiary/aromatic N) is 1. The smallest absolute Gasteiger partial charge is 0.259 e. The number of hydrogen-bond donors (Lipinski definition) is 1. The highest BCUT2D eigenvalue weighted by molar-refractivity contribution is 7.99. The zero-order valence-electron chi connectivity index (χ0n) is 18.7. The lowest BCUT2D eigenvalue weighted by atomic mass is 10.1. The number of rotatable bonds is 8. The van der Waals surface area contributed by atoms with Crippen LogP contribution >= 0.6 is 11.8 Å². The van der Waals surface area contributed by atoms with Gasteiger partial charge in [-0.15, -0.1) is 0 Å². The van der Waals surface area contributed by atoms with E-state index in [0.29, 0.717) is 36.6 Å². The molecule has 0 atom stereocenters. The molecule has 0 bridgehead atoms. The van der Waals surface area contributed by atoms with Crippen LogP contribution in [-0.2, 0) is 4.74 Å². The number of anilines is 2. The molecule has 0 fully saturated rings. The van der Waals surface area contributed by atoms with E-state index in [-0.39, 0.29) is 11.8 Å². The highest BCUT2D eigenvalue weighted by atomic mass is 32.2. The molecule has 0 radical (unpaired) electrons. The van der Waals surface area contributed by atoms with Gasteiger partial charge in [0.05, 0.1) is 24.5 Å². The Balaban J connectivity index is 1.59. The minimum atomic E-state index is -0.205. The summed E-state index contributed by atoms with van der Waals surface area (Å²) in [5.41, 5.74) is 2.67. The predicted molar refractivity (Wildman–Crippen MR) is 131 cm³/mol. The molecule has 3 aromatic rings. The summed E-state index contributed by atoms with van der Waals surface area (Å²) < 4.78 is 10.8. The van der Waals surface area contributed by atoms with Crippen LogP contribution in [-0.4, -0.2) is 38.7 Å². The molecule has 0 aromatic heterocycles. The standard InChI is InChI=1S/C26H26N2O4S/c1-3-15-32-20-11-8-18(9-12-20)25(29)27-19-10-13-22-24(17-19)33-23-7-5-4-6-21(23)26(30)28(22)14-16-31-2/h4-13,17H,3,14-16H2,1-2H3,(H,27,29). The molecule has 4 rings (SSSR count). The Labute approximate surface area is 197 Å². The normalized spacial score (nSPS) is 12.5. The molecule has 1 aliphatic rings. The van der Waals surface area contributed by atoms with Gasteiger partial charge in [0, 0.05) is 34.7 Å². The maximum absolute atomic E-state index is 13.2. The first-order chi connectivity index (χ1) is 16.1. The Morgan fingerprint density at radius 3 is 2.55 bits per heavy atom. The molecule has 0 unspecified atom stereocenters. The quantitative estimate of drug-likeness (QED) is 0.480. The average Bonchev–Trinajstić information content (AvgIpc) is 2.95. The van der Waals surface area contributed by atoms with E-state index in [1.54, 1.807) is 36.3 Å². The monoisotopic (exact) mass is 462 g/mol. The molecule has 2 amide bonds. The first-order valence-corrected chi connectivity index (χ1v) is 11.7. The van der Waals surface area contributed by atoms with Crippen LogP contribution in [0, 0.1) is 0 Å². The fraction of sp³-hybridized carbons (Fsp3) is 0.231. The van der Waals surface area contributed by atoms with E-state index in [2.05, 4.69) is 5.32 Å². The fourth-order valence-corrected chi connectivity index (χ4v) is 4.65. The van der Waals surface area contributed by atoms with Crippen LogP contribution < -0.4 is 15.0 Å². The molecule has 0 saturated heterocycles. The number of fused-ring (bicyclic) bond motifs is 2. The fourth-order valence-electron chi connectivity index (χ4n) is 3.53. The first-order valence-electron chi connectivity index (χ1n) is 10.9. The van der Waals surface area contributed by atoms with Gasteiger partial charge >= 0.3 is 0 Å². The maximum atomic E-state index is 13.2. The van der Waals surface area contributed by atoms with Crippen molar-refractivity contribution in [3.63, 3.8) is 0 Å². The topological polar surface area (TPSA) is 67.9 Å². The predicted octanol–water partition coefficient (Wildman–Crippen LogP) is 5.49. The zero-order chi connectivity index (χ0) is 23.2. The largest absolute Gasteiger partial charge is 0.494 e. The summed E-state index contributed by atoms with van der Waals surface area (Å²) in [4.78, 5) is 29.5. The van der Waals surface area contributed by atoms with Crippen LogP contribution in [0.25, 0.3) is 0 Å². The number of ether oxygens (including phenoxy) is 2. The summed E-state index contributed by atoms with van der Waals surface area (Å²) >= 11 is 1.52. The second-order valence-electron chi connectivity index (χ2n) is 7.56. The zero-order valence-corrected chi connectivity index (χ0v) is 19.5. The average molecular weight is 463 g/mol. The van der Waals surface area contributed by atoms with Gasteiger partial charge in [0.2, 0.25) is 0 Å². The third-order valence-corrected chi connectivity index (χ3v) is 6.32. The van der Waals surface area contributed by atoms with Crippen LogP contribution in [0.3, 0.4) is 0 Å². The Hall–Kier alpha value is -3.29. The highest BCUT2D eigenvalue weighted by Crippen LogP contribution is 2.42. The lowest BCUT2D eigenvalue weighted by Gasteiger charge is -2.23. The van der Waals surface area contributed by atoms with E-state index < -0.39 is 0 Å². The van der Waals surface area contributed by atoms with Crippen molar-refractivity contribution < 1.29 is 19.1 Å². The number of carbonyl (C=O) groups is 2. The molecule has 0 aliphatic carbocycles. The van der Waals surface area contributed by atoms with Crippen molar-refractivity contribution in [1.82, 2.24) is 0 Å². The minimum Gasteiger partial charge on any atom is -0.494 e. The summed E-state index contributed by atoms with van der Waals surface area (Å²) in [5, 5.41) is 2.96. The van der Waals surface area contributed by atoms with Gasteiger partial charge < -0.3 is 19.7 Å². The second-order valence-corrected chi connectivity index (χ2v) is 8.64. The van der Waals surface area contributed by atoms with Crippen LogP contribution in [0.2, 0.25) is 0 Å². The van der Waals surface area contributed by atoms with Gasteiger partial charge in [-0.1, -0.05) is 30.8 Å². The molecule has 0 spiro atoms. The molecule has 33 heavy (non-hydrogen) atoms. The molecule has 7 heteroatoms. The van der Waals surface area contributed by atoms with E-state index in [9.17, 15) is 9.59 Å². The van der Waals surface area contributed by atoms with E-state index >= 15 is 0 Å². The Kier molecular flexibility index (Phi) is 7.32.